The summed E-state index contributed by atoms with van der Waals surface area (Å²) in [5.74, 6) is 1.36. The van der Waals surface area contributed by atoms with Gasteiger partial charge in [-0.3, -0.25) is 0 Å². The summed E-state index contributed by atoms with van der Waals surface area (Å²) < 4.78 is 11.8. The minimum Gasteiger partial charge on any atom is -0.493 e. The number of methoxy groups -OCH3 is 2. The van der Waals surface area contributed by atoms with Crippen LogP contribution >= 0.6 is 15.9 Å². The second-order valence-electron chi connectivity index (χ2n) is 9.10. The molecule has 0 aliphatic rings. The molecule has 0 saturated carbocycles. The highest BCUT2D eigenvalue weighted by molar-refractivity contribution is 9.10. The monoisotopic (exact) mass is 568 g/mol. The molecule has 6 heteroatoms. The van der Waals surface area contributed by atoms with Gasteiger partial charge in [-0.1, -0.05) is 70.5 Å². The van der Waals surface area contributed by atoms with Crippen LogP contribution in [-0.2, 0) is 13.0 Å². The number of amides is 2. The maximum absolute atomic E-state index is 13.7. The van der Waals surface area contributed by atoms with Crippen molar-refractivity contribution in [2.45, 2.75) is 13.0 Å². The minimum absolute atomic E-state index is 0.148. The molecule has 1 N–H and O–H groups in total. The van der Waals surface area contributed by atoms with Crippen molar-refractivity contribution in [3.05, 3.63) is 113 Å². The van der Waals surface area contributed by atoms with Crippen molar-refractivity contribution in [2.24, 2.45) is 0 Å². The largest absolute Gasteiger partial charge is 0.493 e. The lowest BCUT2D eigenvalue weighted by molar-refractivity contribution is 0.210. The lowest BCUT2D eigenvalue weighted by atomic mass is 9.96. The van der Waals surface area contributed by atoms with E-state index in [2.05, 4.69) is 75.8 Å². The Kier molecular flexibility index (Phi) is 7.80. The molecule has 5 aromatic carbocycles. The summed E-state index contributed by atoms with van der Waals surface area (Å²) in [4.78, 5) is 15.6. The van der Waals surface area contributed by atoms with Gasteiger partial charge in [-0.2, -0.15) is 0 Å². The zero-order valence-corrected chi connectivity index (χ0v) is 23.0. The molecule has 5 nitrogen and oxygen atoms in total. The van der Waals surface area contributed by atoms with Crippen LogP contribution in [0.5, 0.6) is 11.5 Å². The lowest BCUT2D eigenvalue weighted by Gasteiger charge is -2.25. The van der Waals surface area contributed by atoms with Crippen molar-refractivity contribution in [2.75, 3.05) is 26.1 Å². The average Bonchev–Trinajstić information content (AvgIpc) is 2.95. The summed E-state index contributed by atoms with van der Waals surface area (Å²) in [6.07, 6.45) is 0.664. The van der Waals surface area contributed by atoms with E-state index in [9.17, 15) is 4.79 Å². The molecule has 0 fully saturated rings. The molecule has 0 spiro atoms. The third kappa shape index (κ3) is 5.60. The smallest absolute Gasteiger partial charge is 0.322 e. The number of rotatable bonds is 8. The maximum atomic E-state index is 13.7. The highest BCUT2D eigenvalue weighted by Gasteiger charge is 2.18. The molecule has 0 unspecified atom stereocenters. The Bertz CT molecular complexity index is 1530. The van der Waals surface area contributed by atoms with Crippen LogP contribution in [0.3, 0.4) is 0 Å². The summed E-state index contributed by atoms with van der Waals surface area (Å²) in [5, 5.41) is 7.71. The molecule has 5 aromatic rings. The predicted octanol–water partition coefficient (Wildman–Crippen LogP) is 8.05. The number of nitrogens with one attached hydrogen (secondary N) is 1. The van der Waals surface area contributed by atoms with E-state index in [1.165, 1.54) is 0 Å². The number of carbonyl (C=O) groups excluding carboxylic acids is 1. The molecule has 0 heterocycles. The quantitative estimate of drug-likeness (QED) is 0.193. The second kappa shape index (κ2) is 11.6. The van der Waals surface area contributed by atoms with E-state index in [-0.39, 0.29) is 6.03 Å². The van der Waals surface area contributed by atoms with Crippen molar-refractivity contribution in [1.82, 2.24) is 4.90 Å². The van der Waals surface area contributed by atoms with Crippen LogP contribution in [-0.4, -0.2) is 31.7 Å². The molecule has 0 radical (unpaired) electrons. The topological polar surface area (TPSA) is 50.8 Å². The zero-order valence-electron chi connectivity index (χ0n) is 21.4. The van der Waals surface area contributed by atoms with E-state index in [0.29, 0.717) is 31.0 Å². The van der Waals surface area contributed by atoms with E-state index >= 15 is 0 Å². The fourth-order valence-electron chi connectivity index (χ4n) is 4.76. The van der Waals surface area contributed by atoms with Crippen LogP contribution in [0.15, 0.2) is 102 Å². The summed E-state index contributed by atoms with van der Waals surface area (Å²) in [5.41, 5.74) is 2.95. The molecule has 38 heavy (non-hydrogen) atoms. The average molecular weight is 569 g/mol. The van der Waals surface area contributed by atoms with Crippen molar-refractivity contribution in [3.63, 3.8) is 0 Å². The zero-order chi connectivity index (χ0) is 26.5. The first kappa shape index (κ1) is 25.6. The number of hydrogen-bond donors (Lipinski definition) is 1. The van der Waals surface area contributed by atoms with Crippen LogP contribution < -0.4 is 14.8 Å². The summed E-state index contributed by atoms with van der Waals surface area (Å²) in [6, 6.07) is 32.3. The van der Waals surface area contributed by atoms with Gasteiger partial charge in [0.25, 0.3) is 0 Å². The van der Waals surface area contributed by atoms with Crippen LogP contribution in [0.25, 0.3) is 21.5 Å². The highest BCUT2D eigenvalue weighted by atomic mass is 79.9. The standard InChI is InChI=1S/C32H29BrN2O3/c1-37-30-16-11-22(19-31(30)38-2)17-18-35(32(36)34-26-14-12-25(33)13-15-26)21-29-27-9-5-3-7-23(27)20-24-8-4-6-10-28(24)29/h3-16,19-20H,17-18,21H2,1-2H3,(H,34,36). The molecule has 0 aliphatic carbocycles. The molecule has 5 rings (SSSR count). The number of nitrogens with zero attached hydrogens (tertiary/aromatic N) is 1. The normalized spacial score (nSPS) is 10.9. The van der Waals surface area contributed by atoms with Gasteiger partial charge in [0, 0.05) is 23.2 Å². The van der Waals surface area contributed by atoms with Crippen molar-refractivity contribution < 1.29 is 14.3 Å². The summed E-state index contributed by atoms with van der Waals surface area (Å²) in [6.45, 7) is 0.993. The molecular weight excluding hydrogens is 540 g/mol. The number of fused-ring (bicyclic) bond motifs is 2. The van der Waals surface area contributed by atoms with Gasteiger partial charge in [0.15, 0.2) is 11.5 Å². The Morgan fingerprint density at radius 2 is 1.42 bits per heavy atom. The van der Waals surface area contributed by atoms with E-state index < -0.39 is 0 Å². The van der Waals surface area contributed by atoms with E-state index in [4.69, 9.17) is 9.47 Å². The highest BCUT2D eigenvalue weighted by Crippen LogP contribution is 2.31. The number of anilines is 1. The van der Waals surface area contributed by atoms with E-state index in [0.717, 1.165) is 42.8 Å². The first-order valence-corrected chi connectivity index (χ1v) is 13.3. The maximum Gasteiger partial charge on any atom is 0.322 e. The predicted molar refractivity (Wildman–Crippen MR) is 158 cm³/mol. The Balaban J connectivity index is 1.50. The first-order chi connectivity index (χ1) is 18.6. The fraction of sp³-hybridized carbons (Fsp3) is 0.156. The van der Waals surface area contributed by atoms with E-state index in [1.54, 1.807) is 14.2 Å². The summed E-state index contributed by atoms with van der Waals surface area (Å²) in [7, 11) is 3.26. The van der Waals surface area contributed by atoms with Crippen molar-refractivity contribution >= 4 is 49.2 Å². The molecule has 0 aromatic heterocycles. The van der Waals surface area contributed by atoms with Gasteiger partial charge in [-0.15, -0.1) is 0 Å². The molecule has 0 saturated heterocycles. The Morgan fingerprint density at radius 1 is 0.789 bits per heavy atom. The van der Waals surface area contributed by atoms with Gasteiger partial charge in [0.1, 0.15) is 0 Å². The number of halogens is 1. The number of benzene rings is 5. The fourth-order valence-corrected chi connectivity index (χ4v) is 5.02. The first-order valence-electron chi connectivity index (χ1n) is 12.5. The number of urea groups is 1. The van der Waals surface area contributed by atoms with Gasteiger partial charge in [0.2, 0.25) is 0 Å². The van der Waals surface area contributed by atoms with Gasteiger partial charge in [0.05, 0.1) is 14.2 Å². The molecule has 2 amide bonds. The van der Waals surface area contributed by atoms with Crippen LogP contribution in [0.4, 0.5) is 10.5 Å². The number of ether oxygens (including phenoxy) is 2. The van der Waals surface area contributed by atoms with Crippen LogP contribution in [0.1, 0.15) is 11.1 Å². The number of hydrogen-bond acceptors (Lipinski definition) is 3. The third-order valence-electron chi connectivity index (χ3n) is 6.73. The molecule has 0 bridgehead atoms. The van der Waals surface area contributed by atoms with Gasteiger partial charge in [-0.25, -0.2) is 4.79 Å². The Morgan fingerprint density at radius 3 is 2.05 bits per heavy atom. The summed E-state index contributed by atoms with van der Waals surface area (Å²) >= 11 is 3.46. The Labute approximate surface area is 231 Å². The van der Waals surface area contributed by atoms with E-state index in [1.807, 2.05) is 47.4 Å². The molecular formula is C32H29BrN2O3. The lowest BCUT2D eigenvalue weighted by Crippen LogP contribution is -2.36. The molecule has 0 atom stereocenters. The molecule has 0 aliphatic heterocycles. The third-order valence-corrected chi connectivity index (χ3v) is 7.26. The van der Waals surface area contributed by atoms with Crippen molar-refractivity contribution in [1.29, 1.82) is 0 Å². The number of carbonyl (C=O) groups is 1. The van der Waals surface area contributed by atoms with Crippen LogP contribution in [0.2, 0.25) is 0 Å². The van der Waals surface area contributed by atoms with Crippen LogP contribution in [0, 0.1) is 0 Å². The Hall–Kier alpha value is -4.03. The van der Waals surface area contributed by atoms with Gasteiger partial charge >= 0.3 is 6.03 Å². The SMILES string of the molecule is COc1ccc(CCN(Cc2c3ccccc3cc3ccccc23)C(=O)Nc2ccc(Br)cc2)cc1OC. The molecule has 192 valence electrons. The second-order valence-corrected chi connectivity index (χ2v) is 10.0. The minimum atomic E-state index is -0.148. The van der Waals surface area contributed by atoms with Gasteiger partial charge < -0.3 is 19.7 Å². The van der Waals surface area contributed by atoms with Gasteiger partial charge in [-0.05, 0) is 81.6 Å². The van der Waals surface area contributed by atoms with Crippen molar-refractivity contribution in [3.8, 4) is 11.5 Å².